The van der Waals surface area contributed by atoms with Gasteiger partial charge in [-0.25, -0.2) is 4.79 Å². The summed E-state index contributed by atoms with van der Waals surface area (Å²) in [5.41, 5.74) is 1.11. The van der Waals surface area contributed by atoms with Gasteiger partial charge in [0.15, 0.2) is 6.61 Å². The molecule has 156 valence electrons. The second-order valence-corrected chi connectivity index (χ2v) is 7.17. The van der Waals surface area contributed by atoms with Gasteiger partial charge in [0.1, 0.15) is 6.04 Å². The van der Waals surface area contributed by atoms with Crippen LogP contribution in [0.4, 0.5) is 18.0 Å². The fraction of sp³-hybridized carbons (Fsp3) is 0.429. The molecule has 5 nitrogen and oxygen atoms in total. The predicted octanol–water partition coefficient (Wildman–Crippen LogP) is 4.00. The molecule has 1 heterocycles. The van der Waals surface area contributed by atoms with Gasteiger partial charge in [-0.2, -0.15) is 13.2 Å². The van der Waals surface area contributed by atoms with Crippen molar-refractivity contribution >= 4 is 22.8 Å². The summed E-state index contributed by atoms with van der Waals surface area (Å²) < 4.78 is 41.2. The molecule has 2 aromatic rings. The fourth-order valence-electron chi connectivity index (χ4n) is 3.63. The summed E-state index contributed by atoms with van der Waals surface area (Å²) >= 11 is 0. The molecule has 1 fully saturated rings. The number of alkyl halides is 3. The van der Waals surface area contributed by atoms with E-state index in [2.05, 4.69) is 4.74 Å². The summed E-state index contributed by atoms with van der Waals surface area (Å²) in [4.78, 5) is 27.4. The molecule has 1 saturated heterocycles. The molecule has 2 amide bonds. The third-order valence-electron chi connectivity index (χ3n) is 5.10. The number of ether oxygens (including phenoxy) is 1. The summed E-state index contributed by atoms with van der Waals surface area (Å²) in [6.07, 6.45) is -4.09. The number of carbonyl (C=O) groups excluding carboxylic acids is 2. The van der Waals surface area contributed by atoms with E-state index in [1.807, 2.05) is 42.5 Å². The lowest BCUT2D eigenvalue weighted by Gasteiger charge is -2.27. The van der Waals surface area contributed by atoms with Crippen LogP contribution >= 0.6 is 0 Å². The van der Waals surface area contributed by atoms with E-state index < -0.39 is 24.9 Å². The topological polar surface area (TPSA) is 49.9 Å². The molecule has 0 spiro atoms. The minimum absolute atomic E-state index is 0.213. The molecule has 0 bridgehead atoms. The lowest BCUT2D eigenvalue weighted by atomic mass is 10.0. The zero-order chi connectivity index (χ0) is 21.0. The van der Waals surface area contributed by atoms with E-state index in [0.717, 1.165) is 21.2 Å². The molecule has 0 saturated carbocycles. The van der Waals surface area contributed by atoms with Crippen molar-refractivity contribution in [1.82, 2.24) is 9.80 Å². The Kier molecular flexibility index (Phi) is 6.30. The van der Waals surface area contributed by atoms with Gasteiger partial charge in [0.2, 0.25) is 5.91 Å². The third kappa shape index (κ3) is 5.19. The van der Waals surface area contributed by atoms with Crippen LogP contribution < -0.4 is 0 Å². The summed E-state index contributed by atoms with van der Waals surface area (Å²) in [7, 11) is 1.64. The number of hydrogen-bond acceptors (Lipinski definition) is 3. The molecule has 1 unspecified atom stereocenters. The molecule has 1 aliphatic rings. The van der Waals surface area contributed by atoms with Crippen LogP contribution in [0.25, 0.3) is 10.8 Å². The van der Waals surface area contributed by atoms with E-state index in [0.29, 0.717) is 25.8 Å². The van der Waals surface area contributed by atoms with E-state index in [9.17, 15) is 22.8 Å². The van der Waals surface area contributed by atoms with Crippen molar-refractivity contribution in [2.24, 2.45) is 0 Å². The Labute approximate surface area is 167 Å². The van der Waals surface area contributed by atoms with Gasteiger partial charge in [-0.3, -0.25) is 9.69 Å². The number of amides is 2. The second-order valence-electron chi connectivity index (χ2n) is 7.17. The lowest BCUT2D eigenvalue weighted by molar-refractivity contribution is -0.163. The number of benzene rings is 2. The van der Waals surface area contributed by atoms with Crippen molar-refractivity contribution in [2.75, 3.05) is 26.7 Å². The van der Waals surface area contributed by atoms with Crippen LogP contribution in [0.3, 0.4) is 0 Å². The number of carbonyl (C=O) groups is 2. The van der Waals surface area contributed by atoms with E-state index in [1.165, 1.54) is 4.90 Å². The van der Waals surface area contributed by atoms with E-state index >= 15 is 0 Å². The Bertz CT molecular complexity index is 880. The number of hydrogen-bond donors (Lipinski definition) is 0. The lowest BCUT2D eigenvalue weighted by Crippen LogP contribution is -2.47. The van der Waals surface area contributed by atoms with Gasteiger partial charge in [0.25, 0.3) is 0 Å². The van der Waals surface area contributed by atoms with Crippen molar-refractivity contribution < 1.29 is 27.5 Å². The third-order valence-corrected chi connectivity index (χ3v) is 5.10. The average molecular weight is 408 g/mol. The molecule has 1 aliphatic heterocycles. The Hall–Kier alpha value is -2.77. The highest BCUT2D eigenvalue weighted by Crippen LogP contribution is 2.23. The Balaban J connectivity index is 1.61. The van der Waals surface area contributed by atoms with Crippen molar-refractivity contribution in [2.45, 2.75) is 31.5 Å². The highest BCUT2D eigenvalue weighted by Gasteiger charge is 2.38. The zero-order valence-electron chi connectivity index (χ0n) is 16.1. The molecular weight excluding hydrogens is 385 g/mol. The van der Waals surface area contributed by atoms with Crippen LogP contribution in [0.15, 0.2) is 42.5 Å². The first kappa shape index (κ1) is 21.0. The van der Waals surface area contributed by atoms with Crippen LogP contribution in [0.1, 0.15) is 18.4 Å². The first-order chi connectivity index (χ1) is 13.8. The molecule has 0 N–H and O–H groups in total. The summed E-state index contributed by atoms with van der Waals surface area (Å²) in [6.45, 7) is -1.00. The Morgan fingerprint density at radius 1 is 1.17 bits per heavy atom. The van der Waals surface area contributed by atoms with Gasteiger partial charge in [-0.15, -0.1) is 0 Å². The monoisotopic (exact) mass is 408 g/mol. The highest BCUT2D eigenvalue weighted by atomic mass is 19.4. The number of fused-ring (bicyclic) bond motifs is 1. The first-order valence-electron chi connectivity index (χ1n) is 9.48. The van der Waals surface area contributed by atoms with Crippen LogP contribution in [0.2, 0.25) is 0 Å². The fourth-order valence-corrected chi connectivity index (χ4v) is 3.63. The number of likely N-dealkylation sites (tertiary alicyclic amines) is 1. The number of nitrogens with zero attached hydrogens (tertiary/aromatic N) is 2. The van der Waals surface area contributed by atoms with E-state index in [-0.39, 0.29) is 12.5 Å². The largest absolute Gasteiger partial charge is 0.440 e. The van der Waals surface area contributed by atoms with Crippen LogP contribution in [0, 0.1) is 0 Å². The van der Waals surface area contributed by atoms with Gasteiger partial charge in [-0.05, 0) is 35.6 Å². The maximum Gasteiger partial charge on any atom is 0.422 e. The molecular formula is C21H23F3N2O3. The predicted molar refractivity (Wildman–Crippen MR) is 102 cm³/mol. The molecule has 1 atom stereocenters. The maximum absolute atomic E-state index is 12.8. The average Bonchev–Trinajstić information content (AvgIpc) is 3.19. The van der Waals surface area contributed by atoms with Gasteiger partial charge in [-0.1, -0.05) is 42.5 Å². The summed E-state index contributed by atoms with van der Waals surface area (Å²) in [5, 5.41) is 2.24. The molecule has 3 rings (SSSR count). The molecule has 8 heteroatoms. The van der Waals surface area contributed by atoms with E-state index in [4.69, 9.17) is 0 Å². The number of halogens is 3. The molecule has 2 aromatic carbocycles. The zero-order valence-corrected chi connectivity index (χ0v) is 16.1. The summed E-state index contributed by atoms with van der Waals surface area (Å²) in [6, 6.07) is 13.2. The number of likely N-dealkylation sites (N-methyl/N-ethyl adjacent to an activating group) is 1. The minimum Gasteiger partial charge on any atom is -0.440 e. The van der Waals surface area contributed by atoms with Crippen LogP contribution in [-0.4, -0.2) is 60.8 Å². The van der Waals surface area contributed by atoms with Crippen LogP contribution in [0.5, 0.6) is 0 Å². The normalized spacial score (nSPS) is 16.8. The van der Waals surface area contributed by atoms with Crippen molar-refractivity contribution in [3.63, 3.8) is 0 Å². The highest BCUT2D eigenvalue weighted by molar-refractivity contribution is 5.87. The van der Waals surface area contributed by atoms with Crippen molar-refractivity contribution in [3.8, 4) is 0 Å². The molecule has 29 heavy (non-hydrogen) atoms. The number of rotatable bonds is 5. The van der Waals surface area contributed by atoms with Gasteiger partial charge < -0.3 is 9.64 Å². The second kappa shape index (κ2) is 8.71. The van der Waals surface area contributed by atoms with Gasteiger partial charge in [0.05, 0.1) is 0 Å². The molecule has 0 radical (unpaired) electrons. The van der Waals surface area contributed by atoms with Crippen molar-refractivity contribution in [1.29, 1.82) is 0 Å². The van der Waals surface area contributed by atoms with Crippen molar-refractivity contribution in [3.05, 3.63) is 48.0 Å². The quantitative estimate of drug-likeness (QED) is 0.751. The summed E-state index contributed by atoms with van der Waals surface area (Å²) in [5.74, 6) is -0.285. The van der Waals surface area contributed by atoms with E-state index in [1.54, 1.807) is 7.05 Å². The minimum atomic E-state index is -4.59. The smallest absolute Gasteiger partial charge is 0.422 e. The molecule has 0 aromatic heterocycles. The van der Waals surface area contributed by atoms with Crippen LogP contribution in [-0.2, 0) is 16.0 Å². The first-order valence-corrected chi connectivity index (χ1v) is 9.48. The SMILES string of the molecule is CN(CCc1cccc2ccccc12)C(=O)C1CCCN1C(=O)OCC(F)(F)F. The maximum atomic E-state index is 12.8. The standard InChI is InChI=1S/C21H23F3N2O3/c1-25(13-11-16-8-4-7-15-6-2-3-9-17(15)16)19(27)18-10-5-12-26(18)20(28)29-14-21(22,23)24/h2-4,6-9,18H,5,10-14H2,1H3. The van der Waals surface area contributed by atoms with Gasteiger partial charge in [0, 0.05) is 20.1 Å². The molecule has 0 aliphatic carbocycles. The Morgan fingerprint density at radius 3 is 2.66 bits per heavy atom. The van der Waals surface area contributed by atoms with Gasteiger partial charge >= 0.3 is 12.3 Å². The Morgan fingerprint density at radius 2 is 1.90 bits per heavy atom.